The number of carbonyl (C=O) groups excluding carboxylic acids is 2. The minimum Gasteiger partial charge on any atom is -0.356 e. The Morgan fingerprint density at radius 2 is 1.92 bits per heavy atom. The van der Waals surface area contributed by atoms with E-state index < -0.39 is 0 Å². The summed E-state index contributed by atoms with van der Waals surface area (Å²) in [6.07, 6.45) is 0.236. The van der Waals surface area contributed by atoms with Crippen LogP contribution in [0.4, 0.5) is 5.69 Å². The van der Waals surface area contributed by atoms with Crippen molar-refractivity contribution >= 4 is 50.7 Å². The van der Waals surface area contributed by atoms with Crippen molar-refractivity contribution in [3.05, 3.63) is 47.5 Å². The van der Waals surface area contributed by atoms with Crippen LogP contribution in [0.3, 0.4) is 0 Å². The molecule has 0 bridgehead atoms. The van der Waals surface area contributed by atoms with Crippen molar-refractivity contribution in [1.82, 2.24) is 10.3 Å². The number of halogens is 1. The van der Waals surface area contributed by atoms with E-state index in [2.05, 4.69) is 15.6 Å². The summed E-state index contributed by atoms with van der Waals surface area (Å²) in [7, 11) is 0. The van der Waals surface area contributed by atoms with Gasteiger partial charge in [0.05, 0.1) is 10.2 Å². The minimum atomic E-state index is -0.144. The summed E-state index contributed by atoms with van der Waals surface area (Å²) in [5.41, 5.74) is 2.57. The zero-order valence-corrected chi connectivity index (χ0v) is 15.1. The van der Waals surface area contributed by atoms with Gasteiger partial charge in [0, 0.05) is 36.2 Å². The highest BCUT2D eigenvalue weighted by Gasteiger charge is 2.08. The van der Waals surface area contributed by atoms with Crippen LogP contribution in [0.5, 0.6) is 0 Å². The van der Waals surface area contributed by atoms with E-state index in [1.807, 2.05) is 42.5 Å². The van der Waals surface area contributed by atoms with Gasteiger partial charge in [0.1, 0.15) is 5.01 Å². The molecule has 3 rings (SSSR count). The summed E-state index contributed by atoms with van der Waals surface area (Å²) in [5, 5.41) is 6.97. The van der Waals surface area contributed by atoms with Gasteiger partial charge < -0.3 is 10.6 Å². The number of rotatable bonds is 5. The number of carbonyl (C=O) groups is 2. The molecule has 2 amide bonds. The number of fused-ring (bicyclic) bond motifs is 1. The second kappa shape index (κ2) is 7.63. The van der Waals surface area contributed by atoms with Crippen molar-refractivity contribution in [3.8, 4) is 10.6 Å². The maximum Gasteiger partial charge on any atom is 0.226 e. The number of aromatic nitrogens is 1. The lowest BCUT2D eigenvalue weighted by atomic mass is 10.2. The van der Waals surface area contributed by atoms with Crippen LogP contribution in [-0.4, -0.2) is 23.3 Å². The predicted octanol–water partition coefficient (Wildman–Crippen LogP) is 4.08. The molecule has 0 atom stereocenters. The lowest BCUT2D eigenvalue weighted by Crippen LogP contribution is -2.25. The fourth-order valence-corrected chi connectivity index (χ4v) is 3.41. The molecule has 0 aliphatic carbocycles. The molecule has 0 saturated carbocycles. The molecule has 2 aromatic carbocycles. The van der Waals surface area contributed by atoms with Gasteiger partial charge in [-0.2, -0.15) is 0 Å². The third kappa shape index (κ3) is 4.55. The van der Waals surface area contributed by atoms with E-state index in [1.54, 1.807) is 11.3 Å². The van der Waals surface area contributed by atoms with E-state index in [0.717, 1.165) is 20.8 Å². The molecule has 128 valence electrons. The number of hydrogen-bond donors (Lipinski definition) is 2. The van der Waals surface area contributed by atoms with Gasteiger partial charge in [-0.3, -0.25) is 9.59 Å². The highest BCUT2D eigenvalue weighted by molar-refractivity contribution is 7.21. The monoisotopic (exact) mass is 373 g/mol. The molecule has 0 fully saturated rings. The Bertz CT molecular complexity index is 922. The van der Waals surface area contributed by atoms with Gasteiger partial charge in [-0.1, -0.05) is 11.6 Å². The first-order valence-corrected chi connectivity index (χ1v) is 8.91. The van der Waals surface area contributed by atoms with Gasteiger partial charge in [0.15, 0.2) is 0 Å². The van der Waals surface area contributed by atoms with Crippen LogP contribution >= 0.6 is 22.9 Å². The molecule has 1 heterocycles. The van der Waals surface area contributed by atoms with Crippen LogP contribution in [0, 0.1) is 0 Å². The molecular formula is C18H16ClN3O2S. The van der Waals surface area contributed by atoms with Crippen LogP contribution in [0.2, 0.25) is 5.02 Å². The van der Waals surface area contributed by atoms with Gasteiger partial charge in [0.2, 0.25) is 11.8 Å². The Morgan fingerprint density at radius 1 is 1.16 bits per heavy atom. The Labute approximate surface area is 154 Å². The number of amides is 2. The maximum atomic E-state index is 11.8. The van der Waals surface area contributed by atoms with Gasteiger partial charge in [-0.25, -0.2) is 4.98 Å². The molecule has 0 spiro atoms. The van der Waals surface area contributed by atoms with Crippen molar-refractivity contribution in [2.75, 3.05) is 11.9 Å². The Kier molecular flexibility index (Phi) is 5.31. The predicted molar refractivity (Wildman–Crippen MR) is 102 cm³/mol. The standard InChI is InChI=1S/C18H16ClN3O2S/c1-11(23)20-9-8-17(24)21-14-5-2-12(3-6-14)18-22-15-10-13(19)4-7-16(15)25-18/h2-7,10H,8-9H2,1H3,(H,20,23)(H,21,24). The van der Waals surface area contributed by atoms with Crippen molar-refractivity contribution < 1.29 is 9.59 Å². The van der Waals surface area contributed by atoms with E-state index in [-0.39, 0.29) is 18.2 Å². The Morgan fingerprint density at radius 3 is 2.64 bits per heavy atom. The SMILES string of the molecule is CC(=O)NCCC(=O)Nc1ccc(-c2nc3cc(Cl)ccc3s2)cc1. The summed E-state index contributed by atoms with van der Waals surface area (Å²) < 4.78 is 1.08. The molecule has 0 saturated heterocycles. The van der Waals surface area contributed by atoms with E-state index in [1.165, 1.54) is 6.92 Å². The molecule has 7 heteroatoms. The highest BCUT2D eigenvalue weighted by Crippen LogP contribution is 2.32. The van der Waals surface area contributed by atoms with Gasteiger partial charge in [-0.15, -0.1) is 11.3 Å². The zero-order valence-electron chi connectivity index (χ0n) is 13.5. The number of nitrogens with one attached hydrogen (secondary N) is 2. The Hall–Kier alpha value is -2.44. The van der Waals surface area contributed by atoms with Crippen LogP contribution in [-0.2, 0) is 9.59 Å². The number of thiazole rings is 1. The summed E-state index contributed by atoms with van der Waals surface area (Å²) in [6.45, 7) is 1.75. The third-order valence-electron chi connectivity index (χ3n) is 3.49. The van der Waals surface area contributed by atoms with Crippen LogP contribution in [0.25, 0.3) is 20.8 Å². The summed E-state index contributed by atoms with van der Waals surface area (Å²) >= 11 is 7.59. The lowest BCUT2D eigenvalue weighted by molar-refractivity contribution is -0.119. The van der Waals surface area contributed by atoms with Gasteiger partial charge in [0.25, 0.3) is 0 Å². The first-order chi connectivity index (χ1) is 12.0. The van der Waals surface area contributed by atoms with Gasteiger partial charge in [-0.05, 0) is 42.5 Å². The van der Waals surface area contributed by atoms with Crippen molar-refractivity contribution in [3.63, 3.8) is 0 Å². The highest BCUT2D eigenvalue weighted by atomic mass is 35.5. The van der Waals surface area contributed by atoms with E-state index in [4.69, 9.17) is 11.6 Å². The van der Waals surface area contributed by atoms with E-state index in [9.17, 15) is 9.59 Å². The molecule has 1 aromatic heterocycles. The molecule has 0 radical (unpaired) electrons. The maximum absolute atomic E-state index is 11.8. The number of benzene rings is 2. The van der Waals surface area contributed by atoms with Crippen molar-refractivity contribution in [2.24, 2.45) is 0 Å². The zero-order chi connectivity index (χ0) is 17.8. The minimum absolute atomic E-state index is 0.142. The lowest BCUT2D eigenvalue weighted by Gasteiger charge is -2.06. The topological polar surface area (TPSA) is 71.1 Å². The average Bonchev–Trinajstić information content (AvgIpc) is 2.98. The summed E-state index contributed by atoms with van der Waals surface area (Å²) in [6, 6.07) is 13.2. The Balaban J connectivity index is 1.66. The number of anilines is 1. The number of hydrogen-bond acceptors (Lipinski definition) is 4. The van der Waals surface area contributed by atoms with Crippen molar-refractivity contribution in [1.29, 1.82) is 0 Å². The molecule has 2 N–H and O–H groups in total. The second-order valence-electron chi connectivity index (χ2n) is 5.49. The second-order valence-corrected chi connectivity index (χ2v) is 6.96. The van der Waals surface area contributed by atoms with E-state index >= 15 is 0 Å². The fourth-order valence-electron chi connectivity index (χ4n) is 2.30. The normalized spacial score (nSPS) is 10.6. The van der Waals surface area contributed by atoms with Crippen molar-refractivity contribution in [2.45, 2.75) is 13.3 Å². The fraction of sp³-hybridized carbons (Fsp3) is 0.167. The molecule has 25 heavy (non-hydrogen) atoms. The van der Waals surface area contributed by atoms with Crippen LogP contribution in [0.15, 0.2) is 42.5 Å². The first-order valence-electron chi connectivity index (χ1n) is 7.72. The molecule has 0 unspecified atom stereocenters. The summed E-state index contributed by atoms with van der Waals surface area (Å²) in [4.78, 5) is 27.2. The smallest absolute Gasteiger partial charge is 0.226 e. The van der Waals surface area contributed by atoms with E-state index in [0.29, 0.717) is 17.3 Å². The molecular weight excluding hydrogens is 358 g/mol. The molecule has 5 nitrogen and oxygen atoms in total. The quantitative estimate of drug-likeness (QED) is 0.707. The summed E-state index contributed by atoms with van der Waals surface area (Å²) in [5.74, 6) is -0.287. The first kappa shape index (κ1) is 17.4. The van der Waals surface area contributed by atoms with Crippen LogP contribution < -0.4 is 10.6 Å². The number of nitrogens with zero attached hydrogens (tertiary/aromatic N) is 1. The largest absolute Gasteiger partial charge is 0.356 e. The van der Waals surface area contributed by atoms with Gasteiger partial charge >= 0.3 is 0 Å². The van der Waals surface area contributed by atoms with Crippen LogP contribution in [0.1, 0.15) is 13.3 Å². The molecule has 3 aromatic rings. The third-order valence-corrected chi connectivity index (χ3v) is 4.81. The molecule has 0 aliphatic heterocycles. The molecule has 0 aliphatic rings. The average molecular weight is 374 g/mol.